The standard InChI is InChI=1S/C13H16N2O/c1-3-9-5-7-10(8-6-9)12-11(4-2)13(14)15-16-12/h5-8H,3-4H2,1-2H3,(H2,14,15). The molecule has 3 heteroatoms. The smallest absolute Gasteiger partial charge is 0.172 e. The van der Waals surface area contributed by atoms with Gasteiger partial charge in [-0.1, -0.05) is 43.3 Å². The lowest BCUT2D eigenvalue weighted by molar-refractivity contribution is 0.435. The van der Waals surface area contributed by atoms with Crippen LogP contribution in [0.3, 0.4) is 0 Å². The first-order valence-electron chi connectivity index (χ1n) is 5.59. The van der Waals surface area contributed by atoms with Gasteiger partial charge in [0.25, 0.3) is 0 Å². The van der Waals surface area contributed by atoms with Crippen LogP contribution in [0.2, 0.25) is 0 Å². The quantitative estimate of drug-likeness (QED) is 0.857. The molecule has 1 aromatic carbocycles. The summed E-state index contributed by atoms with van der Waals surface area (Å²) in [5.41, 5.74) is 9.08. The van der Waals surface area contributed by atoms with Crippen LogP contribution in [0.4, 0.5) is 5.82 Å². The highest BCUT2D eigenvalue weighted by atomic mass is 16.5. The van der Waals surface area contributed by atoms with E-state index >= 15 is 0 Å². The maximum Gasteiger partial charge on any atom is 0.172 e. The van der Waals surface area contributed by atoms with Crippen molar-refractivity contribution in [3.05, 3.63) is 35.4 Å². The lowest BCUT2D eigenvalue weighted by atomic mass is 10.0. The van der Waals surface area contributed by atoms with Gasteiger partial charge < -0.3 is 10.3 Å². The first kappa shape index (κ1) is 10.7. The summed E-state index contributed by atoms with van der Waals surface area (Å²) < 4.78 is 5.27. The molecule has 1 aromatic heterocycles. The van der Waals surface area contributed by atoms with Crippen LogP contribution in [0, 0.1) is 0 Å². The molecule has 84 valence electrons. The van der Waals surface area contributed by atoms with E-state index in [0.29, 0.717) is 5.82 Å². The Balaban J connectivity index is 2.42. The van der Waals surface area contributed by atoms with Crippen molar-refractivity contribution in [2.75, 3.05) is 5.73 Å². The third-order valence-corrected chi connectivity index (χ3v) is 2.80. The highest BCUT2D eigenvalue weighted by Crippen LogP contribution is 2.28. The van der Waals surface area contributed by atoms with Gasteiger partial charge in [0.1, 0.15) is 0 Å². The Morgan fingerprint density at radius 3 is 2.38 bits per heavy atom. The number of nitrogens with two attached hydrogens (primary N) is 1. The predicted octanol–water partition coefficient (Wildman–Crippen LogP) is 3.05. The Morgan fingerprint density at radius 2 is 1.81 bits per heavy atom. The van der Waals surface area contributed by atoms with Gasteiger partial charge in [-0.15, -0.1) is 0 Å². The van der Waals surface area contributed by atoms with Crippen LogP contribution in [0.1, 0.15) is 25.0 Å². The van der Waals surface area contributed by atoms with E-state index in [2.05, 4.69) is 36.3 Å². The van der Waals surface area contributed by atoms with E-state index in [1.165, 1.54) is 5.56 Å². The summed E-state index contributed by atoms with van der Waals surface area (Å²) in [6.07, 6.45) is 1.87. The summed E-state index contributed by atoms with van der Waals surface area (Å²) in [4.78, 5) is 0. The van der Waals surface area contributed by atoms with Crippen LogP contribution < -0.4 is 5.73 Å². The molecule has 0 saturated heterocycles. The molecule has 3 nitrogen and oxygen atoms in total. The number of anilines is 1. The van der Waals surface area contributed by atoms with Gasteiger partial charge in [0, 0.05) is 11.1 Å². The average molecular weight is 216 g/mol. The van der Waals surface area contributed by atoms with E-state index in [9.17, 15) is 0 Å². The molecule has 0 aliphatic carbocycles. The van der Waals surface area contributed by atoms with Gasteiger partial charge in [-0.2, -0.15) is 0 Å². The van der Waals surface area contributed by atoms with Crippen molar-refractivity contribution >= 4 is 5.82 Å². The first-order chi connectivity index (χ1) is 7.76. The Labute approximate surface area is 95.3 Å². The van der Waals surface area contributed by atoms with Crippen molar-refractivity contribution < 1.29 is 4.52 Å². The van der Waals surface area contributed by atoms with E-state index in [4.69, 9.17) is 10.3 Å². The monoisotopic (exact) mass is 216 g/mol. The highest BCUT2D eigenvalue weighted by Gasteiger charge is 2.13. The number of nitrogens with zero attached hydrogens (tertiary/aromatic N) is 1. The zero-order valence-corrected chi connectivity index (χ0v) is 9.66. The summed E-state index contributed by atoms with van der Waals surface area (Å²) in [7, 11) is 0. The third-order valence-electron chi connectivity index (χ3n) is 2.80. The minimum atomic E-state index is 0.497. The maximum atomic E-state index is 5.74. The van der Waals surface area contributed by atoms with E-state index < -0.39 is 0 Å². The largest absolute Gasteiger partial charge is 0.381 e. The van der Waals surface area contributed by atoms with Crippen LogP contribution in [0.15, 0.2) is 28.8 Å². The van der Waals surface area contributed by atoms with Crippen LogP contribution in [-0.4, -0.2) is 5.16 Å². The van der Waals surface area contributed by atoms with Gasteiger partial charge in [0.2, 0.25) is 0 Å². The molecule has 0 spiro atoms. The zero-order chi connectivity index (χ0) is 11.5. The molecule has 0 aliphatic heterocycles. The number of hydrogen-bond donors (Lipinski definition) is 1. The van der Waals surface area contributed by atoms with Crippen LogP contribution in [0.5, 0.6) is 0 Å². The Kier molecular flexibility index (Phi) is 2.95. The van der Waals surface area contributed by atoms with E-state index in [0.717, 1.165) is 29.7 Å². The first-order valence-corrected chi connectivity index (χ1v) is 5.59. The van der Waals surface area contributed by atoms with Gasteiger partial charge in [-0.05, 0) is 18.4 Å². The van der Waals surface area contributed by atoms with Crippen LogP contribution in [-0.2, 0) is 12.8 Å². The number of aromatic nitrogens is 1. The summed E-state index contributed by atoms with van der Waals surface area (Å²) in [5, 5.41) is 3.81. The summed E-state index contributed by atoms with van der Waals surface area (Å²) >= 11 is 0. The number of rotatable bonds is 3. The molecule has 0 saturated carbocycles. The normalized spacial score (nSPS) is 10.6. The Bertz CT molecular complexity index is 471. The average Bonchev–Trinajstić information content (AvgIpc) is 2.70. The second-order valence-corrected chi connectivity index (χ2v) is 3.78. The molecule has 0 bridgehead atoms. The summed E-state index contributed by atoms with van der Waals surface area (Å²) in [5.74, 6) is 1.29. The topological polar surface area (TPSA) is 52.0 Å². The summed E-state index contributed by atoms with van der Waals surface area (Å²) in [6, 6.07) is 8.32. The summed E-state index contributed by atoms with van der Waals surface area (Å²) in [6.45, 7) is 4.19. The molecule has 0 fully saturated rings. The van der Waals surface area contributed by atoms with Gasteiger partial charge in [0.05, 0.1) is 0 Å². The van der Waals surface area contributed by atoms with Crippen molar-refractivity contribution in [3.63, 3.8) is 0 Å². The second-order valence-electron chi connectivity index (χ2n) is 3.78. The molecule has 0 aliphatic rings. The molecule has 2 rings (SSSR count). The number of aryl methyl sites for hydroxylation is 1. The molecule has 0 amide bonds. The third kappa shape index (κ3) is 1.81. The number of nitrogen functional groups attached to an aromatic ring is 1. The molecule has 0 radical (unpaired) electrons. The van der Waals surface area contributed by atoms with Crippen molar-refractivity contribution in [1.29, 1.82) is 0 Å². The fraction of sp³-hybridized carbons (Fsp3) is 0.308. The van der Waals surface area contributed by atoms with Gasteiger partial charge in [0.15, 0.2) is 11.6 Å². The minimum absolute atomic E-state index is 0.497. The SMILES string of the molecule is CCc1ccc(-c2onc(N)c2CC)cc1. The van der Waals surface area contributed by atoms with Gasteiger partial charge in [-0.25, -0.2) is 0 Å². The van der Waals surface area contributed by atoms with Gasteiger partial charge >= 0.3 is 0 Å². The molecular formula is C13H16N2O. The molecule has 2 N–H and O–H groups in total. The van der Waals surface area contributed by atoms with E-state index in [-0.39, 0.29) is 0 Å². The lowest BCUT2D eigenvalue weighted by Gasteiger charge is -2.01. The van der Waals surface area contributed by atoms with Crippen molar-refractivity contribution in [2.24, 2.45) is 0 Å². The number of hydrogen-bond acceptors (Lipinski definition) is 3. The molecule has 0 atom stereocenters. The van der Waals surface area contributed by atoms with Crippen molar-refractivity contribution in [3.8, 4) is 11.3 Å². The second kappa shape index (κ2) is 4.39. The molecule has 1 heterocycles. The van der Waals surface area contributed by atoms with E-state index in [1.54, 1.807) is 0 Å². The maximum absolute atomic E-state index is 5.74. The number of benzene rings is 1. The van der Waals surface area contributed by atoms with E-state index in [1.807, 2.05) is 6.92 Å². The fourth-order valence-electron chi connectivity index (χ4n) is 1.78. The van der Waals surface area contributed by atoms with Crippen LogP contribution >= 0.6 is 0 Å². The fourth-order valence-corrected chi connectivity index (χ4v) is 1.78. The minimum Gasteiger partial charge on any atom is -0.381 e. The molecule has 2 aromatic rings. The molecule has 16 heavy (non-hydrogen) atoms. The molecular weight excluding hydrogens is 200 g/mol. The van der Waals surface area contributed by atoms with Crippen molar-refractivity contribution in [2.45, 2.75) is 26.7 Å². The highest BCUT2D eigenvalue weighted by molar-refractivity contribution is 5.66. The Morgan fingerprint density at radius 1 is 1.12 bits per heavy atom. The van der Waals surface area contributed by atoms with Crippen molar-refractivity contribution in [1.82, 2.24) is 5.16 Å². The molecule has 0 unspecified atom stereocenters. The van der Waals surface area contributed by atoms with Gasteiger partial charge in [-0.3, -0.25) is 0 Å². The predicted molar refractivity (Wildman–Crippen MR) is 65.1 cm³/mol. The lowest BCUT2D eigenvalue weighted by Crippen LogP contribution is -1.91. The van der Waals surface area contributed by atoms with Crippen LogP contribution in [0.25, 0.3) is 11.3 Å². The Hall–Kier alpha value is -1.77. The zero-order valence-electron chi connectivity index (χ0n) is 9.66.